The number of hydrogen-bond acceptors (Lipinski definition) is 7. The highest BCUT2D eigenvalue weighted by Crippen LogP contribution is 2.27. The van der Waals surface area contributed by atoms with Gasteiger partial charge < -0.3 is 24.4 Å². The Balaban J connectivity index is 1.63. The Labute approximate surface area is 244 Å². The van der Waals surface area contributed by atoms with E-state index in [1.807, 2.05) is 0 Å². The van der Waals surface area contributed by atoms with Crippen molar-refractivity contribution in [2.75, 3.05) is 19.7 Å². The summed E-state index contributed by atoms with van der Waals surface area (Å²) in [5.74, 6) is -11.5. The molecular formula is C28H29ClF4N2O7. The van der Waals surface area contributed by atoms with Crippen LogP contribution in [0, 0.1) is 29.2 Å². The number of rotatable bonds is 9. The molecule has 1 saturated heterocycles. The zero-order valence-corrected chi connectivity index (χ0v) is 23.7. The van der Waals surface area contributed by atoms with Crippen LogP contribution in [0.4, 0.5) is 22.4 Å². The van der Waals surface area contributed by atoms with Gasteiger partial charge in [-0.1, -0.05) is 11.6 Å². The number of likely N-dealkylation sites (tertiary alicyclic amines) is 1. The van der Waals surface area contributed by atoms with Gasteiger partial charge >= 0.3 is 12.1 Å². The van der Waals surface area contributed by atoms with E-state index < -0.39 is 83.4 Å². The van der Waals surface area contributed by atoms with Crippen molar-refractivity contribution < 1.29 is 51.0 Å². The van der Waals surface area contributed by atoms with Gasteiger partial charge in [0.2, 0.25) is 17.5 Å². The average Bonchev–Trinajstić information content (AvgIpc) is 2.91. The van der Waals surface area contributed by atoms with Crippen molar-refractivity contribution in [2.24, 2.45) is 5.92 Å². The van der Waals surface area contributed by atoms with E-state index in [2.05, 4.69) is 5.32 Å². The first-order chi connectivity index (χ1) is 19.6. The number of carbonyl (C=O) groups is 4. The normalized spacial score (nSPS) is 14.6. The molecule has 0 radical (unpaired) electrons. The number of nitrogens with zero attached hydrogens (tertiary/aromatic N) is 1. The minimum absolute atomic E-state index is 0.0203. The molecule has 3 rings (SSSR count). The molecule has 0 spiro atoms. The number of carbonyl (C=O) groups excluding carboxylic acids is 4. The van der Waals surface area contributed by atoms with E-state index in [0.717, 1.165) is 0 Å². The number of benzene rings is 2. The van der Waals surface area contributed by atoms with Crippen LogP contribution in [-0.4, -0.2) is 60.0 Å². The fourth-order valence-corrected chi connectivity index (χ4v) is 4.12. The number of nitrogens with one attached hydrogen (secondary N) is 1. The van der Waals surface area contributed by atoms with Crippen molar-refractivity contribution in [3.8, 4) is 11.5 Å². The highest BCUT2D eigenvalue weighted by atomic mass is 35.5. The molecule has 0 aliphatic carbocycles. The fraction of sp³-hybridized carbons (Fsp3) is 0.429. The number of esters is 1. The molecule has 42 heavy (non-hydrogen) atoms. The molecule has 1 fully saturated rings. The summed E-state index contributed by atoms with van der Waals surface area (Å²) in [5, 5.41) is 2.90. The number of hydrogen-bond donors (Lipinski definition) is 1. The number of halogens is 5. The van der Waals surface area contributed by atoms with Gasteiger partial charge in [-0.25, -0.2) is 13.6 Å². The Morgan fingerprint density at radius 3 is 2.12 bits per heavy atom. The number of ether oxygens (including phenoxy) is 3. The third kappa shape index (κ3) is 9.07. The first kappa shape index (κ1) is 32.6. The van der Waals surface area contributed by atoms with Gasteiger partial charge in [-0.2, -0.15) is 8.78 Å². The standard InChI is InChI=1S/C28H29ClF4N2O7/c1-28(2,3)42-22(37)13-20(21(36)14-40-25-23(32)18(30)12-19(31)24(25)33)34-26(38)15-8-10-35(11-9-15)27(39)41-17-6-4-16(29)5-7-17/h4-7,12,15,20H,8-11,13-14H2,1-3H3,(H,34,38)/t20-/m0/s1. The molecule has 228 valence electrons. The van der Waals surface area contributed by atoms with Gasteiger partial charge in [0.25, 0.3) is 0 Å². The SMILES string of the molecule is CC(C)(C)OC(=O)C[C@H](NC(=O)C1CCN(C(=O)Oc2ccc(Cl)cc2)CC1)C(=O)COc1c(F)c(F)cc(F)c1F. The maximum absolute atomic E-state index is 14.0. The molecule has 2 aromatic rings. The molecule has 0 unspecified atom stereocenters. The van der Waals surface area contributed by atoms with Gasteiger partial charge in [-0.15, -0.1) is 0 Å². The molecule has 0 bridgehead atoms. The Morgan fingerprint density at radius 1 is 1.00 bits per heavy atom. The number of amides is 2. The molecule has 2 aromatic carbocycles. The average molecular weight is 617 g/mol. The van der Waals surface area contributed by atoms with E-state index in [0.29, 0.717) is 5.02 Å². The topological polar surface area (TPSA) is 111 Å². The molecule has 1 heterocycles. The summed E-state index contributed by atoms with van der Waals surface area (Å²) >= 11 is 5.82. The molecule has 9 nitrogen and oxygen atoms in total. The van der Waals surface area contributed by atoms with Crippen LogP contribution in [-0.2, 0) is 19.1 Å². The zero-order chi connectivity index (χ0) is 31.2. The van der Waals surface area contributed by atoms with E-state index in [1.165, 1.54) is 17.0 Å². The largest absolute Gasteiger partial charge is 0.479 e. The highest BCUT2D eigenvalue weighted by molar-refractivity contribution is 6.30. The Morgan fingerprint density at radius 2 is 1.57 bits per heavy atom. The van der Waals surface area contributed by atoms with E-state index >= 15 is 0 Å². The summed E-state index contributed by atoms with van der Waals surface area (Å²) in [5.41, 5.74) is -0.927. The van der Waals surface area contributed by atoms with E-state index in [4.69, 9.17) is 25.8 Å². The minimum atomic E-state index is -1.85. The molecule has 1 aliphatic heterocycles. The number of piperidine rings is 1. The lowest BCUT2D eigenvalue weighted by atomic mass is 9.95. The molecule has 1 aliphatic rings. The third-order valence-corrected chi connectivity index (χ3v) is 6.32. The predicted molar refractivity (Wildman–Crippen MR) is 141 cm³/mol. The summed E-state index contributed by atoms with van der Waals surface area (Å²) in [7, 11) is 0. The molecule has 1 N–H and O–H groups in total. The van der Waals surface area contributed by atoms with Crippen LogP contribution in [0.2, 0.25) is 5.02 Å². The first-order valence-corrected chi connectivity index (χ1v) is 13.3. The molecule has 0 saturated carbocycles. The van der Waals surface area contributed by atoms with Crippen molar-refractivity contribution in [1.29, 1.82) is 0 Å². The second-order valence-corrected chi connectivity index (χ2v) is 10.9. The quantitative estimate of drug-likeness (QED) is 0.241. The summed E-state index contributed by atoms with van der Waals surface area (Å²) in [6.07, 6.45) is -0.881. The van der Waals surface area contributed by atoms with Crippen LogP contribution in [0.25, 0.3) is 0 Å². The van der Waals surface area contributed by atoms with Gasteiger partial charge in [0.15, 0.2) is 23.2 Å². The van der Waals surface area contributed by atoms with Crippen molar-refractivity contribution in [2.45, 2.75) is 51.7 Å². The molecule has 1 atom stereocenters. The fourth-order valence-electron chi connectivity index (χ4n) is 4.00. The van der Waals surface area contributed by atoms with Gasteiger partial charge in [-0.3, -0.25) is 14.4 Å². The van der Waals surface area contributed by atoms with Gasteiger partial charge in [0.1, 0.15) is 24.0 Å². The van der Waals surface area contributed by atoms with E-state index in [9.17, 15) is 36.7 Å². The first-order valence-electron chi connectivity index (χ1n) is 12.9. The maximum atomic E-state index is 14.0. The summed E-state index contributed by atoms with van der Waals surface area (Å²) in [6.45, 7) is 3.93. The second-order valence-electron chi connectivity index (χ2n) is 10.5. The van der Waals surface area contributed by atoms with Crippen LogP contribution >= 0.6 is 11.6 Å². The van der Waals surface area contributed by atoms with Crippen LogP contribution in [0.1, 0.15) is 40.0 Å². The molecular weight excluding hydrogens is 588 g/mol. The van der Waals surface area contributed by atoms with Crippen LogP contribution in [0.3, 0.4) is 0 Å². The number of Topliss-reactive ketones (excluding diaryl/α,β-unsaturated/α-hetero) is 1. The van der Waals surface area contributed by atoms with Gasteiger partial charge in [-0.05, 0) is 57.9 Å². The van der Waals surface area contributed by atoms with Crippen molar-refractivity contribution >= 4 is 35.4 Å². The van der Waals surface area contributed by atoms with Gasteiger partial charge in [0, 0.05) is 30.1 Å². The van der Waals surface area contributed by atoms with Crippen LogP contribution < -0.4 is 14.8 Å². The smallest absolute Gasteiger partial charge is 0.415 e. The summed E-state index contributed by atoms with van der Waals surface area (Å²) in [4.78, 5) is 52.2. The Kier molecular flexibility index (Phi) is 10.8. The maximum Gasteiger partial charge on any atom is 0.415 e. The van der Waals surface area contributed by atoms with E-state index in [-0.39, 0.29) is 37.7 Å². The van der Waals surface area contributed by atoms with Crippen LogP contribution in [0.15, 0.2) is 30.3 Å². The summed E-state index contributed by atoms with van der Waals surface area (Å²) in [6, 6.07) is 4.60. The minimum Gasteiger partial charge on any atom is -0.479 e. The lowest BCUT2D eigenvalue weighted by molar-refractivity contribution is -0.156. The summed E-state index contributed by atoms with van der Waals surface area (Å²) < 4.78 is 70.2. The van der Waals surface area contributed by atoms with E-state index in [1.54, 1.807) is 32.9 Å². The highest BCUT2D eigenvalue weighted by Gasteiger charge is 2.33. The lowest BCUT2D eigenvalue weighted by Crippen LogP contribution is -2.49. The molecule has 14 heteroatoms. The number of ketones is 1. The zero-order valence-electron chi connectivity index (χ0n) is 23.0. The monoisotopic (exact) mass is 616 g/mol. The third-order valence-electron chi connectivity index (χ3n) is 6.07. The predicted octanol–water partition coefficient (Wildman–Crippen LogP) is 4.97. The molecule has 2 amide bonds. The van der Waals surface area contributed by atoms with Crippen LogP contribution in [0.5, 0.6) is 11.5 Å². The lowest BCUT2D eigenvalue weighted by Gasteiger charge is -2.31. The van der Waals surface area contributed by atoms with Crippen molar-refractivity contribution in [3.63, 3.8) is 0 Å². The van der Waals surface area contributed by atoms with Crippen molar-refractivity contribution in [3.05, 3.63) is 58.6 Å². The van der Waals surface area contributed by atoms with Crippen molar-refractivity contribution in [1.82, 2.24) is 10.2 Å². The van der Waals surface area contributed by atoms with Gasteiger partial charge in [0.05, 0.1) is 6.42 Å². The second kappa shape index (κ2) is 13.9. The Bertz CT molecular complexity index is 1300. The Hall–Kier alpha value is -3.87. The molecule has 0 aromatic heterocycles.